The quantitative estimate of drug-likeness (QED) is 0.636. The van der Waals surface area contributed by atoms with Gasteiger partial charge in [-0.2, -0.15) is 5.10 Å². The average Bonchev–Trinajstić information content (AvgIpc) is 3.03. The molecule has 2 aromatic heterocycles. The van der Waals surface area contributed by atoms with E-state index in [9.17, 15) is 14.7 Å². The van der Waals surface area contributed by atoms with E-state index in [4.69, 9.17) is 4.74 Å². The Labute approximate surface area is 137 Å². The summed E-state index contributed by atoms with van der Waals surface area (Å²) in [5.41, 5.74) is -0.0182. The maximum absolute atomic E-state index is 12.2. The highest BCUT2D eigenvalue weighted by Crippen LogP contribution is 2.29. The van der Waals surface area contributed by atoms with E-state index in [-0.39, 0.29) is 35.5 Å². The summed E-state index contributed by atoms with van der Waals surface area (Å²) in [6, 6.07) is 0. The molecule has 0 bridgehead atoms. The molecule has 2 N–H and O–H groups in total. The lowest BCUT2D eigenvalue weighted by Gasteiger charge is -2.05. The van der Waals surface area contributed by atoms with E-state index in [1.807, 2.05) is 13.8 Å². The fourth-order valence-electron chi connectivity index (χ4n) is 2.11. The number of hydrogen-bond donors (Lipinski definition) is 2. The van der Waals surface area contributed by atoms with Gasteiger partial charge in [0, 0.05) is 14.1 Å². The van der Waals surface area contributed by atoms with Crippen molar-refractivity contribution in [3.63, 3.8) is 0 Å². The topological polar surface area (TPSA) is 127 Å². The monoisotopic (exact) mass is 336 g/mol. The molecule has 130 valence electrons. The summed E-state index contributed by atoms with van der Waals surface area (Å²) >= 11 is 0. The van der Waals surface area contributed by atoms with Crippen LogP contribution in [0.5, 0.6) is 5.88 Å². The van der Waals surface area contributed by atoms with Gasteiger partial charge in [0.15, 0.2) is 0 Å². The van der Waals surface area contributed by atoms with Gasteiger partial charge < -0.3 is 9.84 Å². The molecule has 2 aromatic rings. The number of carbonyl (C=O) groups is 1. The summed E-state index contributed by atoms with van der Waals surface area (Å²) in [6.07, 6.45) is 0. The fraction of sp³-hybridized carbons (Fsp3) is 0.500. The fourth-order valence-corrected chi connectivity index (χ4v) is 2.11. The van der Waals surface area contributed by atoms with Gasteiger partial charge in [-0.05, 0) is 12.8 Å². The maximum Gasteiger partial charge on any atom is 0.343 e. The van der Waals surface area contributed by atoms with Gasteiger partial charge in [0.25, 0.3) is 5.56 Å². The summed E-state index contributed by atoms with van der Waals surface area (Å²) in [5.74, 6) is -0.918. The molecule has 2 heterocycles. The largest absolute Gasteiger partial charge is 0.492 e. The first kappa shape index (κ1) is 17.4. The molecule has 0 spiro atoms. The number of hydrogen-bond acceptors (Lipinski definition) is 7. The van der Waals surface area contributed by atoms with Crippen molar-refractivity contribution < 1.29 is 14.6 Å². The van der Waals surface area contributed by atoms with E-state index < -0.39 is 11.5 Å². The Kier molecular flexibility index (Phi) is 4.86. The van der Waals surface area contributed by atoms with Gasteiger partial charge in [-0.15, -0.1) is 10.2 Å². The van der Waals surface area contributed by atoms with E-state index in [1.165, 1.54) is 23.5 Å². The molecule has 0 saturated heterocycles. The number of aromatic nitrogens is 4. The molecule has 24 heavy (non-hydrogen) atoms. The molecule has 0 aromatic carbocycles. The zero-order valence-electron chi connectivity index (χ0n) is 14.2. The Morgan fingerprint density at radius 3 is 2.50 bits per heavy atom. The minimum atomic E-state index is -0.575. The molecule has 10 nitrogen and oxygen atoms in total. The van der Waals surface area contributed by atoms with Crippen molar-refractivity contribution in [1.82, 2.24) is 19.6 Å². The third-order valence-corrected chi connectivity index (χ3v) is 3.54. The number of nitrogens with one attached hydrogen (secondary N) is 1. The van der Waals surface area contributed by atoms with Crippen LogP contribution in [-0.4, -0.2) is 37.2 Å². The van der Waals surface area contributed by atoms with E-state index >= 15 is 0 Å². The molecule has 0 aliphatic rings. The van der Waals surface area contributed by atoms with Gasteiger partial charge in [0.05, 0.1) is 12.3 Å². The Hall–Kier alpha value is -2.91. The second kappa shape index (κ2) is 6.69. The molecule has 0 saturated carbocycles. The number of nitrogens with zero attached hydrogens (tertiary/aromatic N) is 5. The molecular weight excluding hydrogens is 316 g/mol. The minimum Gasteiger partial charge on any atom is -0.492 e. The predicted octanol–water partition coefficient (Wildman–Crippen LogP) is 1.87. The minimum absolute atomic E-state index is 0.00227. The molecule has 0 fully saturated rings. The maximum atomic E-state index is 12.2. The molecule has 10 heteroatoms. The van der Waals surface area contributed by atoms with Crippen LogP contribution in [0.3, 0.4) is 0 Å². The number of carbonyl (C=O) groups excluding carboxylic acids is 1. The van der Waals surface area contributed by atoms with Gasteiger partial charge >= 0.3 is 5.97 Å². The standard InChI is InChI=1S/C14H20N6O4/c1-6-24-14(23)8-9(7(2)3)15-17-11(8)18-16-10-12(21)19(4)20(5)13(10)22/h7,21H,6H2,1-5H3,(H,15,17). The zero-order chi connectivity index (χ0) is 18.0. The number of ether oxygens (including phenoxy) is 1. The first-order chi connectivity index (χ1) is 11.3. The molecule has 0 amide bonds. The summed E-state index contributed by atoms with van der Waals surface area (Å²) in [7, 11) is 2.99. The normalized spacial score (nSPS) is 11.6. The molecule has 0 radical (unpaired) electrons. The summed E-state index contributed by atoms with van der Waals surface area (Å²) in [6.45, 7) is 5.67. The van der Waals surface area contributed by atoms with Crippen LogP contribution < -0.4 is 5.56 Å². The second-order valence-corrected chi connectivity index (χ2v) is 5.44. The van der Waals surface area contributed by atoms with Crippen molar-refractivity contribution in [2.75, 3.05) is 6.61 Å². The smallest absolute Gasteiger partial charge is 0.343 e. The lowest BCUT2D eigenvalue weighted by atomic mass is 10.1. The van der Waals surface area contributed by atoms with E-state index in [1.54, 1.807) is 6.92 Å². The van der Waals surface area contributed by atoms with Crippen molar-refractivity contribution in [2.45, 2.75) is 26.7 Å². The Bertz CT molecular complexity index is 842. The van der Waals surface area contributed by atoms with Gasteiger partial charge in [-0.3, -0.25) is 14.6 Å². The van der Waals surface area contributed by atoms with Crippen LogP contribution >= 0.6 is 0 Å². The van der Waals surface area contributed by atoms with Gasteiger partial charge in [0.1, 0.15) is 5.56 Å². The number of H-pyrrole nitrogens is 1. The molecule has 0 aliphatic heterocycles. The zero-order valence-corrected chi connectivity index (χ0v) is 14.2. The van der Waals surface area contributed by atoms with Crippen LogP contribution in [-0.2, 0) is 18.8 Å². The predicted molar refractivity (Wildman–Crippen MR) is 85.1 cm³/mol. The van der Waals surface area contributed by atoms with Crippen LogP contribution in [0, 0.1) is 0 Å². The van der Waals surface area contributed by atoms with E-state index in [0.717, 1.165) is 0 Å². The van der Waals surface area contributed by atoms with E-state index in [2.05, 4.69) is 20.4 Å². The van der Waals surface area contributed by atoms with Crippen molar-refractivity contribution in [3.05, 3.63) is 21.6 Å². The number of azo groups is 1. The van der Waals surface area contributed by atoms with Gasteiger partial charge in [-0.25, -0.2) is 9.48 Å². The number of aromatic amines is 1. The van der Waals surface area contributed by atoms with Crippen LogP contribution in [0.2, 0.25) is 0 Å². The van der Waals surface area contributed by atoms with Crippen molar-refractivity contribution in [1.29, 1.82) is 0 Å². The first-order valence-corrected chi connectivity index (χ1v) is 7.41. The Balaban J connectivity index is 2.49. The lowest BCUT2D eigenvalue weighted by Crippen LogP contribution is -2.16. The van der Waals surface area contributed by atoms with Crippen molar-refractivity contribution >= 4 is 17.5 Å². The van der Waals surface area contributed by atoms with E-state index in [0.29, 0.717) is 5.69 Å². The molecule has 2 rings (SSSR count). The highest BCUT2D eigenvalue weighted by atomic mass is 16.5. The summed E-state index contributed by atoms with van der Waals surface area (Å²) in [5, 5.41) is 24.2. The van der Waals surface area contributed by atoms with Crippen molar-refractivity contribution in [3.8, 4) is 5.88 Å². The number of aromatic hydroxyl groups is 1. The van der Waals surface area contributed by atoms with Crippen LogP contribution in [0.15, 0.2) is 15.0 Å². The van der Waals surface area contributed by atoms with Gasteiger partial charge in [0.2, 0.25) is 17.4 Å². The van der Waals surface area contributed by atoms with Crippen LogP contribution in [0.25, 0.3) is 0 Å². The highest BCUT2D eigenvalue weighted by Gasteiger charge is 2.24. The number of rotatable bonds is 5. The Morgan fingerprint density at radius 2 is 2.00 bits per heavy atom. The molecular formula is C14H20N6O4. The second-order valence-electron chi connectivity index (χ2n) is 5.44. The molecule has 0 aliphatic carbocycles. The SMILES string of the molecule is CCOC(=O)c1c(N=Nc2c(O)n(C)n(C)c2=O)n[nH]c1C(C)C. The lowest BCUT2D eigenvalue weighted by molar-refractivity contribution is 0.0525. The Morgan fingerprint density at radius 1 is 1.33 bits per heavy atom. The average molecular weight is 336 g/mol. The third-order valence-electron chi connectivity index (χ3n) is 3.54. The van der Waals surface area contributed by atoms with Gasteiger partial charge in [-0.1, -0.05) is 13.8 Å². The highest BCUT2D eigenvalue weighted by molar-refractivity contribution is 5.95. The van der Waals surface area contributed by atoms with Crippen LogP contribution in [0.1, 0.15) is 42.7 Å². The first-order valence-electron chi connectivity index (χ1n) is 7.41. The number of esters is 1. The third kappa shape index (κ3) is 2.94. The molecule has 0 atom stereocenters. The molecule has 0 unspecified atom stereocenters. The summed E-state index contributed by atoms with van der Waals surface area (Å²) in [4.78, 5) is 24.1. The van der Waals surface area contributed by atoms with Crippen molar-refractivity contribution in [2.24, 2.45) is 24.3 Å². The summed E-state index contributed by atoms with van der Waals surface area (Å²) < 4.78 is 7.43. The van der Waals surface area contributed by atoms with Crippen LogP contribution in [0.4, 0.5) is 11.5 Å².